The Balaban J connectivity index is 2.96. The Morgan fingerprint density at radius 2 is 1.65 bits per heavy atom. The number of anilines is 2. The first-order valence-corrected chi connectivity index (χ1v) is 6.84. The van der Waals surface area contributed by atoms with Crippen LogP contribution in [-0.2, 0) is 5.41 Å². The van der Waals surface area contributed by atoms with E-state index in [0.717, 1.165) is 18.2 Å². The molecule has 0 unspecified atom stereocenters. The fourth-order valence-electron chi connectivity index (χ4n) is 1.41. The number of likely N-dealkylation sites (N-methyl/N-ethyl adjacent to an activating group) is 1. The molecule has 1 heterocycles. The average molecular weight is 280 g/mol. The highest BCUT2D eigenvalue weighted by molar-refractivity contribution is 5.47. The van der Waals surface area contributed by atoms with Crippen molar-refractivity contribution in [1.29, 1.82) is 0 Å². The van der Waals surface area contributed by atoms with Crippen LogP contribution < -0.4 is 16.6 Å². The first-order chi connectivity index (χ1) is 9.06. The van der Waals surface area contributed by atoms with Gasteiger partial charge in [0, 0.05) is 23.6 Å². The maximum absolute atomic E-state index is 5.48. The SMILES string of the molecule is CN(C)C(C)(C)CNc1cc(NN)nc(C(C)(C)C)n1. The quantitative estimate of drug-likeness (QED) is 0.564. The highest BCUT2D eigenvalue weighted by Gasteiger charge is 2.22. The highest BCUT2D eigenvalue weighted by atomic mass is 15.3. The summed E-state index contributed by atoms with van der Waals surface area (Å²) < 4.78 is 0. The lowest BCUT2D eigenvalue weighted by molar-refractivity contribution is 0.210. The van der Waals surface area contributed by atoms with Crippen molar-refractivity contribution in [2.24, 2.45) is 5.84 Å². The van der Waals surface area contributed by atoms with Crippen LogP contribution >= 0.6 is 0 Å². The van der Waals surface area contributed by atoms with Crippen molar-refractivity contribution in [3.8, 4) is 0 Å². The van der Waals surface area contributed by atoms with Gasteiger partial charge in [-0.2, -0.15) is 0 Å². The molecule has 0 aliphatic heterocycles. The summed E-state index contributed by atoms with van der Waals surface area (Å²) in [4.78, 5) is 11.2. The molecule has 0 saturated carbocycles. The van der Waals surface area contributed by atoms with Gasteiger partial charge in [-0.05, 0) is 27.9 Å². The zero-order chi connectivity index (χ0) is 15.6. The predicted octanol–water partition coefficient (Wildman–Crippen LogP) is 1.81. The standard InChI is InChI=1S/C14H28N6/c1-13(2,3)12-17-10(8-11(18-12)19-15)16-9-14(4,5)20(6)7/h8H,9,15H2,1-7H3,(H2,16,17,18,19). The Morgan fingerprint density at radius 3 is 2.10 bits per heavy atom. The number of nitrogen functional groups attached to an aromatic ring is 1. The molecule has 1 rings (SSSR count). The summed E-state index contributed by atoms with van der Waals surface area (Å²) >= 11 is 0. The molecule has 0 bridgehead atoms. The van der Waals surface area contributed by atoms with Crippen LogP contribution in [-0.4, -0.2) is 41.0 Å². The fourth-order valence-corrected chi connectivity index (χ4v) is 1.41. The van der Waals surface area contributed by atoms with Crippen LogP contribution in [0.3, 0.4) is 0 Å². The van der Waals surface area contributed by atoms with E-state index >= 15 is 0 Å². The van der Waals surface area contributed by atoms with E-state index < -0.39 is 0 Å². The topological polar surface area (TPSA) is 79.1 Å². The van der Waals surface area contributed by atoms with Crippen LogP contribution in [0.15, 0.2) is 6.07 Å². The number of hydrazine groups is 1. The van der Waals surface area contributed by atoms with Gasteiger partial charge in [-0.25, -0.2) is 15.8 Å². The second kappa shape index (κ2) is 5.93. The molecule has 0 radical (unpaired) electrons. The van der Waals surface area contributed by atoms with E-state index in [4.69, 9.17) is 5.84 Å². The molecule has 0 aliphatic rings. The normalized spacial score (nSPS) is 12.7. The van der Waals surface area contributed by atoms with Crippen molar-refractivity contribution in [3.63, 3.8) is 0 Å². The predicted molar refractivity (Wildman–Crippen MR) is 84.8 cm³/mol. The monoisotopic (exact) mass is 280 g/mol. The molecule has 0 atom stereocenters. The van der Waals surface area contributed by atoms with Crippen LogP contribution in [0.5, 0.6) is 0 Å². The summed E-state index contributed by atoms with van der Waals surface area (Å²) in [5.74, 6) is 7.65. The van der Waals surface area contributed by atoms with E-state index in [1.54, 1.807) is 0 Å². The molecule has 6 heteroatoms. The molecule has 1 aromatic heterocycles. The first-order valence-electron chi connectivity index (χ1n) is 6.84. The molecule has 1 aromatic rings. The van der Waals surface area contributed by atoms with Gasteiger partial charge in [0.2, 0.25) is 0 Å². The van der Waals surface area contributed by atoms with E-state index in [2.05, 4.69) is 74.3 Å². The van der Waals surface area contributed by atoms with Crippen LogP contribution in [0.2, 0.25) is 0 Å². The number of nitrogens with one attached hydrogen (secondary N) is 2. The number of hydrogen-bond donors (Lipinski definition) is 3. The smallest absolute Gasteiger partial charge is 0.145 e. The van der Waals surface area contributed by atoms with Crippen molar-refractivity contribution in [1.82, 2.24) is 14.9 Å². The van der Waals surface area contributed by atoms with E-state index in [-0.39, 0.29) is 11.0 Å². The summed E-state index contributed by atoms with van der Waals surface area (Å²) in [6, 6.07) is 1.82. The number of nitrogens with two attached hydrogens (primary N) is 1. The summed E-state index contributed by atoms with van der Waals surface area (Å²) in [6.45, 7) is 11.4. The summed E-state index contributed by atoms with van der Waals surface area (Å²) in [5, 5.41) is 3.37. The Hall–Kier alpha value is -1.40. The van der Waals surface area contributed by atoms with Gasteiger partial charge in [0.15, 0.2) is 0 Å². The number of nitrogens with zero attached hydrogens (tertiary/aromatic N) is 3. The molecule has 0 aromatic carbocycles. The molecule has 20 heavy (non-hydrogen) atoms. The molecule has 0 amide bonds. The number of rotatable bonds is 5. The highest BCUT2D eigenvalue weighted by Crippen LogP contribution is 2.22. The number of hydrogen-bond acceptors (Lipinski definition) is 6. The van der Waals surface area contributed by atoms with Crippen molar-refractivity contribution in [3.05, 3.63) is 11.9 Å². The van der Waals surface area contributed by atoms with E-state index in [1.807, 2.05) is 6.07 Å². The van der Waals surface area contributed by atoms with Gasteiger partial charge in [-0.3, -0.25) is 0 Å². The third-order valence-electron chi connectivity index (χ3n) is 3.46. The van der Waals surface area contributed by atoms with Crippen molar-refractivity contribution in [2.45, 2.75) is 45.6 Å². The van der Waals surface area contributed by atoms with Gasteiger partial charge in [0.25, 0.3) is 0 Å². The van der Waals surface area contributed by atoms with Gasteiger partial charge in [-0.1, -0.05) is 20.8 Å². The molecule has 0 aliphatic carbocycles. The lowest BCUT2D eigenvalue weighted by Gasteiger charge is -2.33. The zero-order valence-corrected chi connectivity index (χ0v) is 13.7. The Morgan fingerprint density at radius 1 is 1.10 bits per heavy atom. The molecular formula is C14H28N6. The molecular weight excluding hydrogens is 252 g/mol. The van der Waals surface area contributed by atoms with E-state index in [9.17, 15) is 0 Å². The molecule has 0 saturated heterocycles. The first kappa shape index (κ1) is 16.7. The summed E-state index contributed by atoms with van der Waals surface area (Å²) in [5.41, 5.74) is 2.50. The zero-order valence-electron chi connectivity index (χ0n) is 13.7. The summed E-state index contributed by atoms with van der Waals surface area (Å²) in [7, 11) is 4.13. The molecule has 0 fully saturated rings. The lowest BCUT2D eigenvalue weighted by Crippen LogP contribution is -2.44. The van der Waals surface area contributed by atoms with E-state index in [0.29, 0.717) is 5.82 Å². The van der Waals surface area contributed by atoms with Gasteiger partial charge < -0.3 is 15.6 Å². The Bertz CT molecular complexity index is 447. The van der Waals surface area contributed by atoms with Gasteiger partial charge >= 0.3 is 0 Å². The minimum atomic E-state index is -0.125. The Labute approximate surface area is 122 Å². The van der Waals surface area contributed by atoms with Crippen LogP contribution in [0.25, 0.3) is 0 Å². The molecule has 4 N–H and O–H groups in total. The van der Waals surface area contributed by atoms with Gasteiger partial charge in [-0.15, -0.1) is 0 Å². The average Bonchev–Trinajstić information content (AvgIpc) is 2.34. The fraction of sp³-hybridized carbons (Fsp3) is 0.714. The second-order valence-corrected chi connectivity index (χ2v) is 6.92. The third kappa shape index (κ3) is 4.31. The van der Waals surface area contributed by atoms with Crippen molar-refractivity contribution in [2.75, 3.05) is 31.4 Å². The molecule has 0 spiro atoms. The Kier molecular flexibility index (Phi) is 4.94. The van der Waals surface area contributed by atoms with Crippen LogP contribution in [0.4, 0.5) is 11.6 Å². The minimum absolute atomic E-state index is 0.0309. The number of aromatic nitrogens is 2. The van der Waals surface area contributed by atoms with Crippen LogP contribution in [0.1, 0.15) is 40.4 Å². The maximum atomic E-state index is 5.48. The summed E-state index contributed by atoms with van der Waals surface area (Å²) in [6.07, 6.45) is 0. The van der Waals surface area contributed by atoms with Crippen molar-refractivity contribution < 1.29 is 0 Å². The van der Waals surface area contributed by atoms with Crippen molar-refractivity contribution >= 4 is 11.6 Å². The van der Waals surface area contributed by atoms with Gasteiger partial charge in [0.1, 0.15) is 17.5 Å². The second-order valence-electron chi connectivity index (χ2n) is 6.92. The molecule has 114 valence electrons. The lowest BCUT2D eigenvalue weighted by atomic mass is 9.96. The van der Waals surface area contributed by atoms with E-state index in [1.165, 1.54) is 0 Å². The largest absolute Gasteiger partial charge is 0.368 e. The van der Waals surface area contributed by atoms with Crippen LogP contribution in [0, 0.1) is 0 Å². The third-order valence-corrected chi connectivity index (χ3v) is 3.46. The molecule has 6 nitrogen and oxygen atoms in total. The van der Waals surface area contributed by atoms with Gasteiger partial charge in [0.05, 0.1) is 0 Å². The maximum Gasteiger partial charge on any atom is 0.145 e. The minimum Gasteiger partial charge on any atom is -0.368 e.